The van der Waals surface area contributed by atoms with Gasteiger partial charge in [-0.25, -0.2) is 4.39 Å². The maximum atomic E-state index is 13.2. The summed E-state index contributed by atoms with van der Waals surface area (Å²) >= 11 is 5.79. The van der Waals surface area contributed by atoms with E-state index in [9.17, 15) is 14.0 Å². The Balaban J connectivity index is 2.38. The maximum absolute atomic E-state index is 13.2. The Hall–Kier alpha value is -1.42. The van der Waals surface area contributed by atoms with Crippen molar-refractivity contribution in [2.24, 2.45) is 0 Å². The zero-order valence-electron chi connectivity index (χ0n) is 10.7. The molecule has 0 aromatic heterocycles. The summed E-state index contributed by atoms with van der Waals surface area (Å²) in [5.41, 5.74) is 0.603. The highest BCUT2D eigenvalue weighted by Gasteiger charge is 2.10. The average Bonchev–Trinajstić information content (AvgIpc) is 2.38. The first-order valence-electron chi connectivity index (χ1n) is 6.14. The Morgan fingerprint density at radius 1 is 1.26 bits per heavy atom. The zero-order valence-corrected chi connectivity index (χ0v) is 11.5. The molecule has 0 N–H and O–H groups in total. The van der Waals surface area contributed by atoms with Crippen LogP contribution in [0.3, 0.4) is 0 Å². The largest absolute Gasteiger partial charge is 0.466 e. The number of benzene rings is 1. The number of rotatable bonds is 7. The summed E-state index contributed by atoms with van der Waals surface area (Å²) in [4.78, 5) is 22.7. The van der Waals surface area contributed by atoms with E-state index in [-0.39, 0.29) is 36.0 Å². The third kappa shape index (κ3) is 5.39. The van der Waals surface area contributed by atoms with E-state index in [4.69, 9.17) is 16.3 Å². The molecule has 0 aliphatic rings. The van der Waals surface area contributed by atoms with Gasteiger partial charge >= 0.3 is 5.97 Å². The van der Waals surface area contributed by atoms with Gasteiger partial charge in [-0.2, -0.15) is 0 Å². The van der Waals surface area contributed by atoms with E-state index in [1.165, 1.54) is 6.07 Å². The molecular weight excluding hydrogens is 271 g/mol. The fraction of sp³-hybridized carbons (Fsp3) is 0.429. The summed E-state index contributed by atoms with van der Waals surface area (Å²) in [7, 11) is 0. The summed E-state index contributed by atoms with van der Waals surface area (Å²) in [5, 5.41) is 0.0562. The number of esters is 1. The molecule has 0 aliphatic heterocycles. The number of Topliss-reactive ketones (excluding diaryl/α,β-unsaturated/α-hetero) is 1. The molecule has 0 amide bonds. The van der Waals surface area contributed by atoms with Crippen LogP contribution in [0.25, 0.3) is 0 Å². The van der Waals surface area contributed by atoms with Crippen LogP contribution in [0.1, 0.15) is 31.7 Å². The second kappa shape index (κ2) is 7.89. The van der Waals surface area contributed by atoms with Crippen molar-refractivity contribution in [3.8, 4) is 0 Å². The van der Waals surface area contributed by atoms with Crippen molar-refractivity contribution in [1.82, 2.24) is 0 Å². The quantitative estimate of drug-likeness (QED) is 0.722. The highest BCUT2D eigenvalue weighted by Crippen LogP contribution is 2.21. The van der Waals surface area contributed by atoms with Gasteiger partial charge in [0.1, 0.15) is 11.6 Å². The van der Waals surface area contributed by atoms with E-state index in [1.54, 1.807) is 19.1 Å². The Bertz CT molecular complexity index is 460. The molecule has 1 aromatic rings. The molecule has 0 heterocycles. The van der Waals surface area contributed by atoms with Gasteiger partial charge in [-0.15, -0.1) is 0 Å². The van der Waals surface area contributed by atoms with Gasteiger partial charge in [0.2, 0.25) is 0 Å². The van der Waals surface area contributed by atoms with Crippen LogP contribution < -0.4 is 0 Å². The molecule has 0 atom stereocenters. The van der Waals surface area contributed by atoms with Crippen molar-refractivity contribution in [2.45, 2.75) is 32.6 Å². The van der Waals surface area contributed by atoms with E-state index in [0.29, 0.717) is 18.6 Å². The maximum Gasteiger partial charge on any atom is 0.306 e. The van der Waals surface area contributed by atoms with Gasteiger partial charge < -0.3 is 4.74 Å². The van der Waals surface area contributed by atoms with E-state index in [2.05, 4.69) is 0 Å². The van der Waals surface area contributed by atoms with Crippen LogP contribution in [-0.2, 0) is 20.7 Å². The Labute approximate surface area is 116 Å². The normalized spacial score (nSPS) is 10.3. The molecule has 0 spiro atoms. The topological polar surface area (TPSA) is 43.4 Å². The summed E-state index contributed by atoms with van der Waals surface area (Å²) < 4.78 is 17.9. The van der Waals surface area contributed by atoms with Crippen LogP contribution in [0.5, 0.6) is 0 Å². The molecule has 0 bridgehead atoms. The van der Waals surface area contributed by atoms with Crippen LogP contribution in [-0.4, -0.2) is 18.4 Å². The molecular formula is C14H16ClFO3. The molecule has 3 nitrogen and oxygen atoms in total. The van der Waals surface area contributed by atoms with Gasteiger partial charge in [-0.1, -0.05) is 23.7 Å². The molecule has 0 aliphatic carbocycles. The highest BCUT2D eigenvalue weighted by atomic mass is 35.5. The molecule has 5 heteroatoms. The molecule has 0 unspecified atom stereocenters. The molecule has 0 radical (unpaired) electrons. The van der Waals surface area contributed by atoms with E-state index in [1.807, 2.05) is 0 Å². The van der Waals surface area contributed by atoms with Crippen molar-refractivity contribution in [3.05, 3.63) is 34.6 Å². The number of carbonyl (C=O) groups is 2. The number of aryl methyl sites for hydroxylation is 1. The SMILES string of the molecule is CCOC(=O)CCC(=O)CCc1cccc(F)c1Cl. The molecule has 0 fully saturated rings. The molecule has 104 valence electrons. The molecule has 0 saturated carbocycles. The summed E-state index contributed by atoms with van der Waals surface area (Å²) in [5.74, 6) is -0.925. The Morgan fingerprint density at radius 3 is 2.68 bits per heavy atom. The Kier molecular flexibility index (Phi) is 6.50. The number of carbonyl (C=O) groups excluding carboxylic acids is 2. The van der Waals surface area contributed by atoms with Crippen molar-refractivity contribution >= 4 is 23.4 Å². The van der Waals surface area contributed by atoms with Crippen molar-refractivity contribution in [2.75, 3.05) is 6.61 Å². The monoisotopic (exact) mass is 286 g/mol. The van der Waals surface area contributed by atoms with E-state index >= 15 is 0 Å². The zero-order chi connectivity index (χ0) is 14.3. The van der Waals surface area contributed by atoms with E-state index < -0.39 is 5.82 Å². The second-order valence-corrected chi connectivity index (χ2v) is 4.43. The minimum Gasteiger partial charge on any atom is -0.466 e. The van der Waals surface area contributed by atoms with Crippen LogP contribution in [0.15, 0.2) is 18.2 Å². The molecule has 0 saturated heterocycles. The minimum absolute atomic E-state index is 0.0562. The lowest BCUT2D eigenvalue weighted by atomic mass is 10.0. The van der Waals surface area contributed by atoms with Crippen LogP contribution in [0.4, 0.5) is 4.39 Å². The summed E-state index contributed by atoms with van der Waals surface area (Å²) in [6.07, 6.45) is 0.843. The first-order valence-corrected chi connectivity index (χ1v) is 6.52. The van der Waals surface area contributed by atoms with Gasteiger partial charge in [0, 0.05) is 12.8 Å². The number of hydrogen-bond acceptors (Lipinski definition) is 3. The third-order valence-electron chi connectivity index (χ3n) is 2.62. The molecule has 19 heavy (non-hydrogen) atoms. The fourth-order valence-corrected chi connectivity index (χ4v) is 1.84. The lowest BCUT2D eigenvalue weighted by molar-refractivity contribution is -0.144. The first kappa shape index (κ1) is 15.6. The second-order valence-electron chi connectivity index (χ2n) is 4.06. The van der Waals surface area contributed by atoms with Crippen LogP contribution in [0.2, 0.25) is 5.02 Å². The van der Waals surface area contributed by atoms with Crippen molar-refractivity contribution < 1.29 is 18.7 Å². The summed E-state index contributed by atoms with van der Waals surface area (Å²) in [6, 6.07) is 4.51. The van der Waals surface area contributed by atoms with Crippen LogP contribution in [0, 0.1) is 5.82 Å². The van der Waals surface area contributed by atoms with Gasteiger partial charge in [0.25, 0.3) is 0 Å². The van der Waals surface area contributed by atoms with Crippen molar-refractivity contribution in [1.29, 1.82) is 0 Å². The first-order chi connectivity index (χ1) is 9.04. The molecule has 1 aromatic carbocycles. The Morgan fingerprint density at radius 2 is 2.00 bits per heavy atom. The smallest absolute Gasteiger partial charge is 0.306 e. The van der Waals surface area contributed by atoms with E-state index in [0.717, 1.165) is 0 Å². The minimum atomic E-state index is -0.488. The fourth-order valence-electron chi connectivity index (χ4n) is 1.62. The average molecular weight is 287 g/mol. The number of hydrogen-bond donors (Lipinski definition) is 0. The number of halogens is 2. The lowest BCUT2D eigenvalue weighted by Crippen LogP contribution is -2.08. The van der Waals surface area contributed by atoms with Gasteiger partial charge in [0.15, 0.2) is 0 Å². The van der Waals surface area contributed by atoms with Gasteiger partial charge in [-0.3, -0.25) is 9.59 Å². The van der Waals surface area contributed by atoms with Gasteiger partial charge in [-0.05, 0) is 25.0 Å². The number of ketones is 1. The predicted molar refractivity (Wildman–Crippen MR) is 70.6 cm³/mol. The standard InChI is InChI=1S/C14H16ClFO3/c1-2-19-13(18)9-8-11(17)7-6-10-4-3-5-12(16)14(10)15/h3-5H,2,6-9H2,1H3. The third-order valence-corrected chi connectivity index (χ3v) is 3.04. The number of ether oxygens (including phenoxy) is 1. The summed E-state index contributed by atoms with van der Waals surface area (Å²) in [6.45, 7) is 2.03. The van der Waals surface area contributed by atoms with Crippen molar-refractivity contribution in [3.63, 3.8) is 0 Å². The van der Waals surface area contributed by atoms with Crippen LogP contribution >= 0.6 is 11.6 Å². The van der Waals surface area contributed by atoms with Gasteiger partial charge in [0.05, 0.1) is 18.1 Å². The highest BCUT2D eigenvalue weighted by molar-refractivity contribution is 6.31. The lowest BCUT2D eigenvalue weighted by Gasteiger charge is -2.05. The molecule has 1 rings (SSSR count). The predicted octanol–water partition coefficient (Wildman–Crippen LogP) is 3.32.